The lowest BCUT2D eigenvalue weighted by Gasteiger charge is -2.20. The first-order valence-electron chi connectivity index (χ1n) is 5.66. The molecule has 0 aromatic heterocycles. The third-order valence-corrected chi connectivity index (χ3v) is 2.50. The Morgan fingerprint density at radius 2 is 1.88 bits per heavy atom. The van der Waals surface area contributed by atoms with E-state index in [1.807, 2.05) is 0 Å². The Morgan fingerprint density at radius 1 is 1.29 bits per heavy atom. The molecule has 0 N–H and O–H groups in total. The summed E-state index contributed by atoms with van der Waals surface area (Å²) in [6, 6.07) is 0. The summed E-state index contributed by atoms with van der Waals surface area (Å²) < 4.78 is 36.1. The third-order valence-electron chi connectivity index (χ3n) is 2.50. The summed E-state index contributed by atoms with van der Waals surface area (Å²) in [6.07, 6.45) is 0.157. The normalized spacial score (nSPS) is 17.6. The molecule has 1 unspecified atom stereocenters. The van der Waals surface area contributed by atoms with Crippen molar-refractivity contribution in [3.8, 4) is 0 Å². The fraction of sp³-hybridized carbons (Fsp3) is 0.818. The molecule has 0 aromatic rings. The summed E-state index contributed by atoms with van der Waals surface area (Å²) in [5, 5.41) is 0. The first-order chi connectivity index (χ1) is 7.95. The van der Waals surface area contributed by atoms with Gasteiger partial charge in [-0.05, 0) is 32.6 Å². The largest absolute Gasteiger partial charge is 0.461 e. The number of ether oxygens (including phenoxy) is 2. The van der Waals surface area contributed by atoms with Crippen LogP contribution in [0.4, 0.5) is 8.78 Å². The summed E-state index contributed by atoms with van der Waals surface area (Å²) in [7, 11) is 0. The van der Waals surface area contributed by atoms with Crippen LogP contribution in [-0.2, 0) is 19.1 Å². The van der Waals surface area contributed by atoms with Crippen LogP contribution < -0.4 is 0 Å². The van der Waals surface area contributed by atoms with Crippen molar-refractivity contribution in [2.24, 2.45) is 5.92 Å². The van der Waals surface area contributed by atoms with E-state index >= 15 is 0 Å². The number of halogens is 2. The van der Waals surface area contributed by atoms with Crippen LogP contribution in [0, 0.1) is 5.92 Å². The van der Waals surface area contributed by atoms with Crippen LogP contribution in [0.15, 0.2) is 0 Å². The van der Waals surface area contributed by atoms with E-state index in [9.17, 15) is 18.4 Å². The highest BCUT2D eigenvalue weighted by Gasteiger charge is 2.55. The molecule has 0 saturated heterocycles. The van der Waals surface area contributed by atoms with Gasteiger partial charge in [0.2, 0.25) is 5.78 Å². The van der Waals surface area contributed by atoms with Crippen LogP contribution in [0.2, 0.25) is 0 Å². The fourth-order valence-corrected chi connectivity index (χ4v) is 1.51. The predicted molar refractivity (Wildman–Crippen MR) is 54.7 cm³/mol. The van der Waals surface area contributed by atoms with E-state index in [1.54, 1.807) is 6.92 Å². The van der Waals surface area contributed by atoms with Crippen molar-refractivity contribution in [3.63, 3.8) is 0 Å². The second kappa shape index (κ2) is 5.53. The van der Waals surface area contributed by atoms with E-state index in [4.69, 9.17) is 4.74 Å². The van der Waals surface area contributed by atoms with Crippen molar-refractivity contribution in [1.29, 1.82) is 0 Å². The van der Waals surface area contributed by atoms with Crippen molar-refractivity contribution < 1.29 is 27.8 Å². The van der Waals surface area contributed by atoms with Gasteiger partial charge in [0.15, 0.2) is 0 Å². The zero-order valence-electron chi connectivity index (χ0n) is 9.87. The van der Waals surface area contributed by atoms with E-state index < -0.39 is 23.8 Å². The molecule has 0 amide bonds. The predicted octanol–water partition coefficient (Wildman–Crippen LogP) is 1.57. The van der Waals surface area contributed by atoms with Crippen LogP contribution >= 0.6 is 0 Å². The molecule has 0 spiro atoms. The molecule has 17 heavy (non-hydrogen) atoms. The standard InChI is InChI=1S/C11H16F2O4/c1-3-16-8(7-5-6-7)9(14)11(12,13)10(15)17-4-2/h7-8H,3-6H2,1-2H3. The molecule has 1 saturated carbocycles. The molecule has 1 rings (SSSR count). The SMILES string of the molecule is CCOC(=O)C(F)(F)C(=O)C(OCC)C1CC1. The number of Topliss-reactive ketones (excluding diaryl/α,β-unsaturated/α-hetero) is 1. The van der Waals surface area contributed by atoms with Crippen molar-refractivity contribution in [2.45, 2.75) is 38.7 Å². The topological polar surface area (TPSA) is 52.6 Å². The molecular weight excluding hydrogens is 234 g/mol. The Kier molecular flexibility index (Phi) is 4.56. The van der Waals surface area contributed by atoms with E-state index in [-0.39, 0.29) is 19.1 Å². The molecule has 0 heterocycles. The quantitative estimate of drug-likeness (QED) is 0.508. The van der Waals surface area contributed by atoms with Crippen LogP contribution in [0.3, 0.4) is 0 Å². The van der Waals surface area contributed by atoms with Crippen LogP contribution in [0.25, 0.3) is 0 Å². The molecule has 4 nitrogen and oxygen atoms in total. The van der Waals surface area contributed by atoms with Gasteiger partial charge in [-0.15, -0.1) is 0 Å². The molecule has 1 aliphatic carbocycles. The van der Waals surface area contributed by atoms with E-state index in [0.717, 1.165) is 0 Å². The maximum absolute atomic E-state index is 13.5. The third kappa shape index (κ3) is 3.21. The van der Waals surface area contributed by atoms with Gasteiger partial charge in [0.05, 0.1) is 6.61 Å². The highest BCUT2D eigenvalue weighted by atomic mass is 19.3. The van der Waals surface area contributed by atoms with Gasteiger partial charge in [0.1, 0.15) is 6.10 Å². The summed E-state index contributed by atoms with van der Waals surface area (Å²) in [6.45, 7) is 2.99. The Morgan fingerprint density at radius 3 is 2.29 bits per heavy atom. The minimum Gasteiger partial charge on any atom is -0.461 e. The minimum absolute atomic E-state index is 0.159. The summed E-state index contributed by atoms with van der Waals surface area (Å²) >= 11 is 0. The van der Waals surface area contributed by atoms with E-state index in [0.29, 0.717) is 12.8 Å². The van der Waals surface area contributed by atoms with Crippen molar-refractivity contribution in [2.75, 3.05) is 13.2 Å². The van der Waals surface area contributed by atoms with Crippen molar-refractivity contribution in [3.05, 3.63) is 0 Å². The van der Waals surface area contributed by atoms with Crippen LogP contribution in [-0.4, -0.2) is 37.0 Å². The highest BCUT2D eigenvalue weighted by molar-refractivity contribution is 6.07. The fourth-order valence-electron chi connectivity index (χ4n) is 1.51. The van der Waals surface area contributed by atoms with Gasteiger partial charge in [-0.25, -0.2) is 4.79 Å². The van der Waals surface area contributed by atoms with E-state index in [1.165, 1.54) is 6.92 Å². The molecule has 1 aliphatic rings. The van der Waals surface area contributed by atoms with Crippen molar-refractivity contribution >= 4 is 11.8 Å². The van der Waals surface area contributed by atoms with Gasteiger partial charge in [-0.2, -0.15) is 8.78 Å². The monoisotopic (exact) mass is 250 g/mol. The van der Waals surface area contributed by atoms with Crippen LogP contribution in [0.1, 0.15) is 26.7 Å². The highest BCUT2D eigenvalue weighted by Crippen LogP contribution is 2.37. The number of rotatable bonds is 7. The number of esters is 1. The maximum atomic E-state index is 13.5. The smallest absolute Gasteiger partial charge is 0.402 e. The van der Waals surface area contributed by atoms with Crippen molar-refractivity contribution in [1.82, 2.24) is 0 Å². The van der Waals surface area contributed by atoms with E-state index in [2.05, 4.69) is 4.74 Å². The molecular formula is C11H16F2O4. The minimum atomic E-state index is -4.11. The Balaban J connectivity index is 2.73. The number of hydrogen-bond acceptors (Lipinski definition) is 4. The maximum Gasteiger partial charge on any atom is 0.402 e. The second-order valence-electron chi connectivity index (χ2n) is 3.87. The Hall–Kier alpha value is -1.04. The van der Waals surface area contributed by atoms with Gasteiger partial charge in [0, 0.05) is 6.61 Å². The molecule has 1 atom stereocenters. The lowest BCUT2D eigenvalue weighted by atomic mass is 10.1. The number of alkyl halides is 2. The van der Waals surface area contributed by atoms with Gasteiger partial charge in [0.25, 0.3) is 0 Å². The first kappa shape index (κ1) is 14.0. The average Bonchev–Trinajstić information content (AvgIpc) is 3.09. The van der Waals surface area contributed by atoms with Gasteiger partial charge in [-0.1, -0.05) is 0 Å². The lowest BCUT2D eigenvalue weighted by molar-refractivity contribution is -0.182. The molecule has 6 heteroatoms. The van der Waals surface area contributed by atoms with Gasteiger partial charge < -0.3 is 9.47 Å². The molecule has 98 valence electrons. The van der Waals surface area contributed by atoms with Gasteiger partial charge in [-0.3, -0.25) is 4.79 Å². The molecule has 1 fully saturated rings. The number of carbonyl (C=O) groups is 2. The molecule has 0 aliphatic heterocycles. The Bertz CT molecular complexity index is 300. The summed E-state index contributed by atoms with van der Waals surface area (Å²) in [5.74, 6) is -7.59. The van der Waals surface area contributed by atoms with Gasteiger partial charge >= 0.3 is 11.9 Å². The average molecular weight is 250 g/mol. The van der Waals surface area contributed by atoms with Crippen LogP contribution in [0.5, 0.6) is 0 Å². The molecule has 0 bridgehead atoms. The molecule has 0 aromatic carbocycles. The lowest BCUT2D eigenvalue weighted by Crippen LogP contribution is -2.47. The molecule has 0 radical (unpaired) electrons. The first-order valence-corrected chi connectivity index (χ1v) is 5.66. The zero-order chi connectivity index (χ0) is 13.1. The summed E-state index contributed by atoms with van der Waals surface area (Å²) in [5.41, 5.74) is 0. The second-order valence-corrected chi connectivity index (χ2v) is 3.87. The number of carbonyl (C=O) groups excluding carboxylic acids is 2. The zero-order valence-corrected chi connectivity index (χ0v) is 9.87. The summed E-state index contributed by atoms with van der Waals surface area (Å²) in [4.78, 5) is 22.6. The number of ketones is 1. The number of hydrogen-bond donors (Lipinski definition) is 0. The Labute approximate surface area is 98.3 Å².